The van der Waals surface area contributed by atoms with Gasteiger partial charge in [-0.25, -0.2) is 0 Å². The van der Waals surface area contributed by atoms with Crippen LogP contribution in [0.25, 0.3) is 11.0 Å². The SMILES string of the molecule is O=[N+]([O-])c1cc2n[nH]nc2c([N+](=O)[O-])c1Cl. The summed E-state index contributed by atoms with van der Waals surface area (Å²) in [5.41, 5.74) is -1.29. The molecular weight excluding hydrogens is 242 g/mol. The van der Waals surface area contributed by atoms with Crippen molar-refractivity contribution in [3.8, 4) is 0 Å². The summed E-state index contributed by atoms with van der Waals surface area (Å²) in [5.74, 6) is 0. The van der Waals surface area contributed by atoms with Crippen molar-refractivity contribution in [1.29, 1.82) is 0 Å². The number of nitrogens with zero attached hydrogens (tertiary/aromatic N) is 4. The average Bonchev–Trinajstić information content (AvgIpc) is 2.62. The minimum Gasteiger partial charge on any atom is -0.258 e. The summed E-state index contributed by atoms with van der Waals surface area (Å²) in [6.45, 7) is 0. The third kappa shape index (κ3) is 1.34. The number of H-pyrrole nitrogens is 1. The fourth-order valence-electron chi connectivity index (χ4n) is 1.23. The van der Waals surface area contributed by atoms with Gasteiger partial charge in [0.15, 0.2) is 10.5 Å². The lowest BCUT2D eigenvalue weighted by Crippen LogP contribution is -1.96. The number of hydrogen-bond donors (Lipinski definition) is 1. The number of aromatic amines is 1. The van der Waals surface area contributed by atoms with E-state index >= 15 is 0 Å². The number of rotatable bonds is 2. The fourth-order valence-corrected chi connectivity index (χ4v) is 1.51. The number of nitrogens with one attached hydrogen (secondary N) is 1. The van der Waals surface area contributed by atoms with Gasteiger partial charge in [0, 0.05) is 6.07 Å². The van der Waals surface area contributed by atoms with Gasteiger partial charge in [-0.1, -0.05) is 11.6 Å². The number of fused-ring (bicyclic) bond motifs is 1. The second kappa shape index (κ2) is 3.38. The Bertz CT molecular complexity index is 608. The summed E-state index contributed by atoms with van der Waals surface area (Å²) in [7, 11) is 0. The van der Waals surface area contributed by atoms with E-state index in [1.54, 1.807) is 0 Å². The first-order valence-electron chi connectivity index (χ1n) is 3.84. The van der Waals surface area contributed by atoms with Gasteiger partial charge in [0.2, 0.25) is 0 Å². The van der Waals surface area contributed by atoms with Gasteiger partial charge >= 0.3 is 5.69 Å². The van der Waals surface area contributed by atoms with Crippen molar-refractivity contribution >= 4 is 34.0 Å². The Morgan fingerprint density at radius 2 is 1.94 bits per heavy atom. The number of nitro groups is 2. The number of halogens is 1. The van der Waals surface area contributed by atoms with Gasteiger partial charge < -0.3 is 0 Å². The number of nitro benzene ring substituents is 2. The summed E-state index contributed by atoms with van der Waals surface area (Å²) < 4.78 is 0. The largest absolute Gasteiger partial charge is 0.324 e. The van der Waals surface area contributed by atoms with E-state index in [2.05, 4.69) is 15.4 Å². The first-order valence-corrected chi connectivity index (χ1v) is 4.22. The Kier molecular flexibility index (Phi) is 2.16. The third-order valence-electron chi connectivity index (χ3n) is 1.88. The lowest BCUT2D eigenvalue weighted by Gasteiger charge is -1.96. The maximum atomic E-state index is 10.7. The van der Waals surface area contributed by atoms with Crippen LogP contribution in [-0.4, -0.2) is 25.3 Å². The molecule has 10 heteroatoms. The highest BCUT2D eigenvalue weighted by molar-refractivity contribution is 6.36. The maximum absolute atomic E-state index is 10.7. The zero-order valence-electron chi connectivity index (χ0n) is 7.38. The molecule has 0 bridgehead atoms. The summed E-state index contributed by atoms with van der Waals surface area (Å²) in [4.78, 5) is 19.7. The number of aromatic nitrogens is 3. The van der Waals surface area contributed by atoms with Gasteiger partial charge in [0.1, 0.15) is 5.52 Å². The minimum atomic E-state index is -0.833. The molecular formula is C6H2ClN5O4. The lowest BCUT2D eigenvalue weighted by molar-refractivity contribution is -0.392. The van der Waals surface area contributed by atoms with E-state index < -0.39 is 26.2 Å². The summed E-state index contributed by atoms with van der Waals surface area (Å²) in [6, 6.07) is 1.02. The molecule has 9 nitrogen and oxygen atoms in total. The molecule has 0 amide bonds. The molecule has 0 saturated heterocycles. The van der Waals surface area contributed by atoms with Crippen molar-refractivity contribution in [2.45, 2.75) is 0 Å². The van der Waals surface area contributed by atoms with Gasteiger partial charge in [-0.2, -0.15) is 10.3 Å². The third-order valence-corrected chi connectivity index (χ3v) is 2.26. The summed E-state index contributed by atoms with van der Waals surface area (Å²) in [5, 5.41) is 30.0. The molecule has 1 aromatic carbocycles. The molecule has 0 fully saturated rings. The monoisotopic (exact) mass is 243 g/mol. The molecule has 0 spiro atoms. The van der Waals surface area contributed by atoms with Crippen molar-refractivity contribution < 1.29 is 9.85 Å². The molecule has 16 heavy (non-hydrogen) atoms. The molecule has 0 unspecified atom stereocenters. The summed E-state index contributed by atoms with van der Waals surface area (Å²) in [6.07, 6.45) is 0. The van der Waals surface area contributed by atoms with E-state index in [4.69, 9.17) is 11.6 Å². The number of benzene rings is 1. The van der Waals surface area contributed by atoms with Crippen LogP contribution in [0.1, 0.15) is 0 Å². The molecule has 1 aromatic heterocycles. The van der Waals surface area contributed by atoms with Crippen molar-refractivity contribution in [2.24, 2.45) is 0 Å². The smallest absolute Gasteiger partial charge is 0.258 e. The van der Waals surface area contributed by atoms with Gasteiger partial charge in [-0.3, -0.25) is 20.2 Å². The quantitative estimate of drug-likeness (QED) is 0.627. The van der Waals surface area contributed by atoms with Crippen LogP contribution in [0, 0.1) is 20.2 Å². The highest BCUT2D eigenvalue weighted by atomic mass is 35.5. The molecule has 2 rings (SSSR count). The van der Waals surface area contributed by atoms with Crippen LogP contribution < -0.4 is 0 Å². The zero-order chi connectivity index (χ0) is 11.9. The Labute approximate surface area is 91.3 Å². The second-order valence-electron chi connectivity index (χ2n) is 2.76. The molecule has 2 aromatic rings. The normalized spacial score (nSPS) is 10.6. The van der Waals surface area contributed by atoms with E-state index in [9.17, 15) is 20.2 Å². The van der Waals surface area contributed by atoms with Gasteiger partial charge in [0.05, 0.1) is 9.85 Å². The average molecular weight is 244 g/mol. The second-order valence-corrected chi connectivity index (χ2v) is 3.14. The first-order chi connectivity index (χ1) is 7.52. The van der Waals surface area contributed by atoms with E-state index in [1.165, 1.54) is 0 Å². The van der Waals surface area contributed by atoms with Crippen LogP contribution in [0.3, 0.4) is 0 Å². The van der Waals surface area contributed by atoms with Crippen LogP contribution in [0.5, 0.6) is 0 Å². The van der Waals surface area contributed by atoms with Gasteiger partial charge in [-0.15, -0.1) is 5.10 Å². The molecule has 0 aliphatic carbocycles. The molecule has 82 valence electrons. The van der Waals surface area contributed by atoms with Gasteiger partial charge in [-0.05, 0) is 0 Å². The first kappa shape index (κ1) is 10.2. The van der Waals surface area contributed by atoms with Crippen molar-refractivity contribution in [3.63, 3.8) is 0 Å². The predicted molar refractivity (Wildman–Crippen MR) is 52.2 cm³/mol. The van der Waals surface area contributed by atoms with E-state index in [0.717, 1.165) is 6.07 Å². The Balaban J connectivity index is 2.92. The molecule has 0 saturated carbocycles. The Morgan fingerprint density at radius 1 is 1.25 bits per heavy atom. The van der Waals surface area contributed by atoms with Crippen LogP contribution in [0.15, 0.2) is 6.07 Å². The molecule has 0 radical (unpaired) electrons. The van der Waals surface area contributed by atoms with Crippen molar-refractivity contribution in [1.82, 2.24) is 15.4 Å². The van der Waals surface area contributed by atoms with E-state index in [0.29, 0.717) is 0 Å². The topological polar surface area (TPSA) is 128 Å². The van der Waals surface area contributed by atoms with Gasteiger partial charge in [0.25, 0.3) is 5.69 Å². The van der Waals surface area contributed by atoms with Crippen LogP contribution >= 0.6 is 11.6 Å². The highest BCUT2D eigenvalue weighted by Crippen LogP contribution is 2.38. The molecule has 1 N–H and O–H groups in total. The summed E-state index contributed by atoms with van der Waals surface area (Å²) >= 11 is 5.57. The number of hydrogen-bond acceptors (Lipinski definition) is 6. The lowest BCUT2D eigenvalue weighted by atomic mass is 10.2. The molecule has 0 atom stereocenters. The molecule has 0 aliphatic rings. The Morgan fingerprint density at radius 3 is 2.50 bits per heavy atom. The standard InChI is InChI=1S/C6H2ClN5O4/c7-4-3(11(13)14)1-2-5(9-10-8-2)6(4)12(15)16/h1H,(H,8,9,10). The van der Waals surface area contributed by atoms with E-state index in [-0.39, 0.29) is 11.0 Å². The minimum absolute atomic E-state index is 0.0165. The maximum Gasteiger partial charge on any atom is 0.324 e. The van der Waals surface area contributed by atoms with Crippen LogP contribution in [0.4, 0.5) is 11.4 Å². The van der Waals surface area contributed by atoms with Crippen molar-refractivity contribution in [3.05, 3.63) is 31.3 Å². The molecule has 1 heterocycles. The Hall–Kier alpha value is -2.29. The predicted octanol–water partition coefficient (Wildman–Crippen LogP) is 1.43. The van der Waals surface area contributed by atoms with Crippen LogP contribution in [0.2, 0.25) is 5.02 Å². The fraction of sp³-hybridized carbons (Fsp3) is 0. The van der Waals surface area contributed by atoms with E-state index in [1.807, 2.05) is 0 Å². The zero-order valence-corrected chi connectivity index (χ0v) is 8.13. The highest BCUT2D eigenvalue weighted by Gasteiger charge is 2.29. The van der Waals surface area contributed by atoms with Crippen LogP contribution in [-0.2, 0) is 0 Å². The molecule has 0 aliphatic heterocycles. The van der Waals surface area contributed by atoms with Crippen molar-refractivity contribution in [2.75, 3.05) is 0 Å².